The number of ether oxygens (including phenoxy) is 2. The van der Waals surface area contributed by atoms with Crippen molar-refractivity contribution in [1.29, 1.82) is 0 Å². The van der Waals surface area contributed by atoms with Crippen LogP contribution < -0.4 is 4.74 Å². The molecule has 0 N–H and O–H groups in total. The molecule has 0 saturated carbocycles. The molecule has 3 aromatic rings. The van der Waals surface area contributed by atoms with Gasteiger partial charge in [-0.3, -0.25) is 4.57 Å². The lowest BCUT2D eigenvalue weighted by atomic mass is 10.1. The number of carbonyl (C=O) groups excluding carboxylic acids is 1. The Morgan fingerprint density at radius 3 is 2.88 bits per heavy atom. The zero-order chi connectivity index (χ0) is 18.3. The van der Waals surface area contributed by atoms with Crippen LogP contribution in [0.3, 0.4) is 0 Å². The number of hydrogen-bond donors (Lipinski definition) is 0. The first-order valence-electron chi connectivity index (χ1n) is 8.09. The summed E-state index contributed by atoms with van der Waals surface area (Å²) in [6.45, 7) is 2.07. The van der Waals surface area contributed by atoms with Crippen LogP contribution in [0.25, 0.3) is 11.4 Å². The van der Waals surface area contributed by atoms with Crippen molar-refractivity contribution in [3.63, 3.8) is 0 Å². The van der Waals surface area contributed by atoms with Crippen molar-refractivity contribution in [2.45, 2.75) is 18.7 Å². The Morgan fingerprint density at radius 2 is 2.15 bits per heavy atom. The molecule has 0 spiro atoms. The second kappa shape index (κ2) is 6.56. The minimum Gasteiger partial charge on any atom is -0.497 e. The molecule has 0 saturated heterocycles. The highest BCUT2D eigenvalue weighted by atomic mass is 79.9. The molecule has 0 unspecified atom stereocenters. The van der Waals surface area contributed by atoms with Gasteiger partial charge in [0.2, 0.25) is 0 Å². The third kappa shape index (κ3) is 2.50. The standard InChI is InChI=1S/C17H16BrN5O3/c1-3-26-17(24)16-15-7-13-11(8-18)20-21-23(13)14-6-10(25-2)4-5-12(14)22(15)9-19-16/h4-6,9H,3,7-8H2,1-2H3. The quantitative estimate of drug-likeness (QED) is 0.374. The van der Waals surface area contributed by atoms with Gasteiger partial charge in [-0.2, -0.15) is 0 Å². The van der Waals surface area contributed by atoms with Crippen LogP contribution in [0.15, 0.2) is 24.5 Å². The van der Waals surface area contributed by atoms with Crippen LogP contribution in [0, 0.1) is 0 Å². The van der Waals surface area contributed by atoms with Gasteiger partial charge in [-0.15, -0.1) is 5.10 Å². The van der Waals surface area contributed by atoms with E-state index in [0.29, 0.717) is 29.8 Å². The number of hydrogen-bond acceptors (Lipinski definition) is 6. The summed E-state index contributed by atoms with van der Waals surface area (Å²) in [6, 6.07) is 5.67. The van der Waals surface area contributed by atoms with Crippen molar-refractivity contribution in [3.05, 3.63) is 47.3 Å². The maximum atomic E-state index is 12.3. The largest absolute Gasteiger partial charge is 0.497 e. The van der Waals surface area contributed by atoms with Crippen LogP contribution in [0.5, 0.6) is 5.75 Å². The van der Waals surface area contributed by atoms with E-state index in [1.165, 1.54) is 0 Å². The van der Waals surface area contributed by atoms with Gasteiger partial charge >= 0.3 is 5.97 Å². The van der Waals surface area contributed by atoms with E-state index in [-0.39, 0.29) is 0 Å². The van der Waals surface area contributed by atoms with Crippen molar-refractivity contribution >= 4 is 21.9 Å². The molecule has 8 nitrogen and oxygen atoms in total. The van der Waals surface area contributed by atoms with Crippen molar-refractivity contribution < 1.29 is 14.3 Å². The summed E-state index contributed by atoms with van der Waals surface area (Å²) in [5.41, 5.74) is 4.41. The molecule has 1 aliphatic heterocycles. The summed E-state index contributed by atoms with van der Waals surface area (Å²) < 4.78 is 14.2. The van der Waals surface area contributed by atoms with Crippen LogP contribution in [-0.4, -0.2) is 44.2 Å². The molecule has 2 aromatic heterocycles. The van der Waals surface area contributed by atoms with E-state index in [1.54, 1.807) is 25.0 Å². The average Bonchev–Trinajstić information content (AvgIpc) is 3.23. The number of esters is 1. The molecule has 0 aliphatic carbocycles. The number of nitrogens with zero attached hydrogens (tertiary/aromatic N) is 5. The van der Waals surface area contributed by atoms with Gasteiger partial charge in [-0.25, -0.2) is 14.5 Å². The molecule has 1 aliphatic rings. The summed E-state index contributed by atoms with van der Waals surface area (Å²) in [7, 11) is 1.62. The molecule has 4 rings (SSSR count). The van der Waals surface area contributed by atoms with E-state index in [4.69, 9.17) is 9.47 Å². The fourth-order valence-electron chi connectivity index (χ4n) is 3.09. The lowest BCUT2D eigenvalue weighted by Gasteiger charge is -2.11. The van der Waals surface area contributed by atoms with Crippen molar-refractivity contribution in [3.8, 4) is 17.1 Å². The number of benzene rings is 1. The number of carbonyl (C=O) groups is 1. The molecule has 1 aromatic carbocycles. The van der Waals surface area contributed by atoms with Crippen LogP contribution in [0.2, 0.25) is 0 Å². The topological polar surface area (TPSA) is 84.1 Å². The zero-order valence-electron chi connectivity index (χ0n) is 14.3. The first-order chi connectivity index (χ1) is 12.7. The van der Waals surface area contributed by atoms with E-state index >= 15 is 0 Å². The third-order valence-electron chi connectivity index (χ3n) is 4.31. The van der Waals surface area contributed by atoms with E-state index in [2.05, 4.69) is 31.2 Å². The smallest absolute Gasteiger partial charge is 0.358 e. The van der Waals surface area contributed by atoms with Gasteiger partial charge in [0, 0.05) is 17.8 Å². The maximum absolute atomic E-state index is 12.3. The molecular formula is C17H16BrN5O3. The first kappa shape index (κ1) is 16.8. The second-order valence-corrected chi connectivity index (χ2v) is 6.25. The molecule has 0 atom stereocenters. The van der Waals surface area contributed by atoms with E-state index in [1.807, 2.05) is 22.8 Å². The molecule has 0 radical (unpaired) electrons. The predicted molar refractivity (Wildman–Crippen MR) is 96.4 cm³/mol. The lowest BCUT2D eigenvalue weighted by Crippen LogP contribution is -2.10. The number of fused-ring (bicyclic) bond motifs is 5. The molecular weight excluding hydrogens is 402 g/mol. The Hall–Kier alpha value is -2.68. The lowest BCUT2D eigenvalue weighted by molar-refractivity contribution is 0.0519. The first-order valence-corrected chi connectivity index (χ1v) is 9.21. The molecule has 9 heteroatoms. The third-order valence-corrected chi connectivity index (χ3v) is 4.84. The maximum Gasteiger partial charge on any atom is 0.358 e. The van der Waals surface area contributed by atoms with Crippen molar-refractivity contribution in [1.82, 2.24) is 24.5 Å². The van der Waals surface area contributed by atoms with Crippen molar-refractivity contribution in [2.24, 2.45) is 0 Å². The van der Waals surface area contributed by atoms with Crippen molar-refractivity contribution in [2.75, 3.05) is 13.7 Å². The Balaban J connectivity index is 1.98. The van der Waals surface area contributed by atoms with Crippen LogP contribution in [0.4, 0.5) is 0 Å². The molecule has 0 amide bonds. The Bertz CT molecular complexity index is 994. The van der Waals surface area contributed by atoms with Crippen LogP contribution in [0.1, 0.15) is 34.5 Å². The number of aromatic nitrogens is 5. The number of methoxy groups -OCH3 is 1. The average molecular weight is 418 g/mol. The molecule has 3 heterocycles. The van der Waals surface area contributed by atoms with Gasteiger partial charge in [0.05, 0.1) is 42.2 Å². The molecule has 0 bridgehead atoms. The van der Waals surface area contributed by atoms with Gasteiger partial charge in [-0.05, 0) is 19.1 Å². The highest BCUT2D eigenvalue weighted by molar-refractivity contribution is 9.08. The van der Waals surface area contributed by atoms with Gasteiger partial charge in [0.15, 0.2) is 5.69 Å². The predicted octanol–water partition coefficient (Wildman–Crippen LogP) is 2.44. The Morgan fingerprint density at radius 1 is 1.31 bits per heavy atom. The Kier molecular flexibility index (Phi) is 4.23. The second-order valence-electron chi connectivity index (χ2n) is 5.69. The number of imidazole rings is 1. The fraction of sp³-hybridized carbons (Fsp3) is 0.294. The highest BCUT2D eigenvalue weighted by Crippen LogP contribution is 2.32. The SMILES string of the molecule is CCOC(=O)c1ncn2c1Cc1c(CBr)nnn1-c1cc(OC)ccc1-2. The number of rotatable bonds is 4. The summed E-state index contributed by atoms with van der Waals surface area (Å²) in [4.78, 5) is 16.6. The fourth-order valence-corrected chi connectivity index (χ4v) is 3.53. The minimum absolute atomic E-state index is 0.297. The molecule has 0 fully saturated rings. The molecule has 134 valence electrons. The van der Waals surface area contributed by atoms with Crippen LogP contribution >= 0.6 is 15.9 Å². The van der Waals surface area contributed by atoms with E-state index in [9.17, 15) is 4.79 Å². The van der Waals surface area contributed by atoms with Crippen LogP contribution in [-0.2, 0) is 16.5 Å². The van der Waals surface area contributed by atoms with E-state index in [0.717, 1.165) is 28.5 Å². The Labute approximate surface area is 157 Å². The van der Waals surface area contributed by atoms with Gasteiger partial charge in [0.1, 0.15) is 12.1 Å². The monoisotopic (exact) mass is 417 g/mol. The summed E-state index contributed by atoms with van der Waals surface area (Å²) in [6.07, 6.45) is 2.10. The minimum atomic E-state index is -0.433. The zero-order valence-corrected chi connectivity index (χ0v) is 15.9. The molecule has 26 heavy (non-hydrogen) atoms. The van der Waals surface area contributed by atoms with E-state index < -0.39 is 5.97 Å². The summed E-state index contributed by atoms with van der Waals surface area (Å²) in [5, 5.41) is 9.13. The highest BCUT2D eigenvalue weighted by Gasteiger charge is 2.28. The number of alkyl halides is 1. The number of halogens is 1. The van der Waals surface area contributed by atoms with Gasteiger partial charge < -0.3 is 9.47 Å². The normalized spacial score (nSPS) is 12.0. The van der Waals surface area contributed by atoms with Gasteiger partial charge in [-0.1, -0.05) is 21.1 Å². The summed E-state index contributed by atoms with van der Waals surface area (Å²) >= 11 is 3.46. The summed E-state index contributed by atoms with van der Waals surface area (Å²) in [5.74, 6) is 0.275. The van der Waals surface area contributed by atoms with Gasteiger partial charge in [0.25, 0.3) is 0 Å².